The highest BCUT2D eigenvalue weighted by Gasteiger charge is 2.48. The molecule has 2 atom stereocenters. The molecule has 16 heavy (non-hydrogen) atoms. The van der Waals surface area contributed by atoms with Gasteiger partial charge in [0, 0.05) is 14.2 Å². The third-order valence-corrected chi connectivity index (χ3v) is 2.56. The van der Waals surface area contributed by atoms with Gasteiger partial charge in [-0.1, -0.05) is 13.8 Å². The second-order valence-corrected chi connectivity index (χ2v) is 3.85. The molecule has 92 valence electrons. The van der Waals surface area contributed by atoms with E-state index in [-0.39, 0.29) is 5.92 Å². The second kappa shape index (κ2) is 4.95. The number of rotatable bonds is 4. The van der Waals surface area contributed by atoms with Crippen LogP contribution in [0, 0.1) is 5.92 Å². The molecule has 1 aliphatic rings. The van der Waals surface area contributed by atoms with E-state index in [4.69, 9.17) is 14.2 Å². The summed E-state index contributed by atoms with van der Waals surface area (Å²) in [4.78, 5) is 11.6. The number of carbonyl (C=O) groups is 1. The molecule has 5 nitrogen and oxygen atoms in total. The summed E-state index contributed by atoms with van der Waals surface area (Å²) in [6.45, 7) is 3.98. The number of ether oxygens (including phenoxy) is 4. The molecule has 1 rings (SSSR count). The first kappa shape index (κ1) is 13.2. The second-order valence-electron chi connectivity index (χ2n) is 3.85. The Hall–Kier alpha value is -0.910. The third kappa shape index (κ3) is 2.11. The van der Waals surface area contributed by atoms with Crippen LogP contribution >= 0.6 is 0 Å². The van der Waals surface area contributed by atoms with Gasteiger partial charge in [0.2, 0.25) is 0 Å². The molecule has 0 bridgehead atoms. The molecule has 1 aliphatic heterocycles. The maximum atomic E-state index is 11.6. The van der Waals surface area contributed by atoms with Crippen LogP contribution in [0.1, 0.15) is 13.8 Å². The fraction of sp³-hybridized carbons (Fsp3) is 0.727. The molecule has 0 N–H and O–H groups in total. The standard InChI is InChI=1S/C11H18O5/c1-7(2)8-6-11(15-5,10(12)14-4)16-9(8)13-3/h6-7,9H,1-5H3. The van der Waals surface area contributed by atoms with Gasteiger partial charge in [-0.3, -0.25) is 0 Å². The molecule has 0 fully saturated rings. The van der Waals surface area contributed by atoms with Gasteiger partial charge in [-0.2, -0.15) is 0 Å². The largest absolute Gasteiger partial charge is 0.465 e. The molecule has 0 radical (unpaired) electrons. The van der Waals surface area contributed by atoms with Gasteiger partial charge in [0.1, 0.15) is 0 Å². The highest BCUT2D eigenvalue weighted by atomic mass is 16.8. The van der Waals surface area contributed by atoms with E-state index in [2.05, 4.69) is 4.74 Å². The monoisotopic (exact) mass is 230 g/mol. The van der Waals surface area contributed by atoms with Crippen molar-refractivity contribution >= 4 is 5.97 Å². The number of carbonyl (C=O) groups excluding carboxylic acids is 1. The summed E-state index contributed by atoms with van der Waals surface area (Å²) >= 11 is 0. The lowest BCUT2D eigenvalue weighted by Crippen LogP contribution is -2.41. The molecule has 5 heteroatoms. The van der Waals surface area contributed by atoms with Gasteiger partial charge in [-0.05, 0) is 17.6 Å². The van der Waals surface area contributed by atoms with E-state index in [1.165, 1.54) is 21.3 Å². The average molecular weight is 230 g/mol. The molecular weight excluding hydrogens is 212 g/mol. The van der Waals surface area contributed by atoms with Gasteiger partial charge in [0.25, 0.3) is 5.79 Å². The quantitative estimate of drug-likeness (QED) is 0.534. The summed E-state index contributed by atoms with van der Waals surface area (Å²) in [5.41, 5.74) is 0.870. The molecule has 0 spiro atoms. The van der Waals surface area contributed by atoms with Crippen molar-refractivity contribution in [3.05, 3.63) is 11.6 Å². The van der Waals surface area contributed by atoms with Gasteiger partial charge in [0.05, 0.1) is 7.11 Å². The van der Waals surface area contributed by atoms with E-state index >= 15 is 0 Å². The summed E-state index contributed by atoms with van der Waals surface area (Å²) in [5.74, 6) is -1.87. The fourth-order valence-electron chi connectivity index (χ4n) is 1.61. The predicted octanol–water partition coefficient (Wildman–Crippen LogP) is 1.09. The van der Waals surface area contributed by atoms with Gasteiger partial charge in [-0.15, -0.1) is 0 Å². The van der Waals surface area contributed by atoms with Crippen LogP contribution in [0.2, 0.25) is 0 Å². The van der Waals surface area contributed by atoms with Crippen molar-refractivity contribution in [2.75, 3.05) is 21.3 Å². The van der Waals surface area contributed by atoms with Crippen molar-refractivity contribution in [3.8, 4) is 0 Å². The van der Waals surface area contributed by atoms with Crippen LogP contribution < -0.4 is 0 Å². The number of esters is 1. The number of hydrogen-bond donors (Lipinski definition) is 0. The van der Waals surface area contributed by atoms with E-state index in [1.54, 1.807) is 6.08 Å². The van der Waals surface area contributed by atoms with Crippen molar-refractivity contribution in [1.29, 1.82) is 0 Å². The Morgan fingerprint density at radius 2 is 2.06 bits per heavy atom. The predicted molar refractivity (Wildman–Crippen MR) is 56.6 cm³/mol. The maximum Gasteiger partial charge on any atom is 0.371 e. The number of methoxy groups -OCH3 is 3. The zero-order valence-electron chi connectivity index (χ0n) is 10.3. The van der Waals surface area contributed by atoms with Crippen LogP contribution in [0.5, 0.6) is 0 Å². The molecule has 0 amide bonds. The highest BCUT2D eigenvalue weighted by Crippen LogP contribution is 2.34. The third-order valence-electron chi connectivity index (χ3n) is 2.56. The minimum atomic E-state index is -1.48. The molecule has 0 saturated heterocycles. The molecule has 2 unspecified atom stereocenters. The Morgan fingerprint density at radius 3 is 2.38 bits per heavy atom. The zero-order valence-corrected chi connectivity index (χ0v) is 10.3. The van der Waals surface area contributed by atoms with Crippen LogP contribution in [-0.4, -0.2) is 39.4 Å². The lowest BCUT2D eigenvalue weighted by atomic mass is 10.0. The zero-order chi connectivity index (χ0) is 12.3. The summed E-state index contributed by atoms with van der Waals surface area (Å²) in [5, 5.41) is 0. The topological polar surface area (TPSA) is 54.0 Å². The Balaban J connectivity index is 3.04. The first-order chi connectivity index (χ1) is 7.50. The van der Waals surface area contributed by atoms with Crippen molar-refractivity contribution in [2.45, 2.75) is 25.9 Å². The summed E-state index contributed by atoms with van der Waals surface area (Å²) in [6.07, 6.45) is 1.05. The summed E-state index contributed by atoms with van der Waals surface area (Å²) in [6, 6.07) is 0. The van der Waals surface area contributed by atoms with E-state index in [1.807, 2.05) is 13.8 Å². The summed E-state index contributed by atoms with van der Waals surface area (Å²) < 4.78 is 20.4. The molecule has 0 aromatic rings. The molecule has 0 saturated carbocycles. The molecule has 0 aliphatic carbocycles. The van der Waals surface area contributed by atoms with Crippen molar-refractivity contribution < 1.29 is 23.7 Å². The minimum absolute atomic E-state index is 0.201. The van der Waals surface area contributed by atoms with Gasteiger partial charge >= 0.3 is 5.97 Å². The molecule has 0 aromatic heterocycles. The average Bonchev–Trinajstić information content (AvgIpc) is 2.68. The SMILES string of the molecule is COC(=O)C1(OC)C=C(C(C)C)C(OC)O1. The van der Waals surface area contributed by atoms with Crippen LogP contribution in [0.4, 0.5) is 0 Å². The first-order valence-corrected chi connectivity index (χ1v) is 5.07. The Kier molecular flexibility index (Phi) is 4.07. The number of hydrogen-bond acceptors (Lipinski definition) is 5. The van der Waals surface area contributed by atoms with Crippen molar-refractivity contribution in [3.63, 3.8) is 0 Å². The van der Waals surface area contributed by atoms with E-state index in [9.17, 15) is 4.79 Å². The Labute approximate surface area is 95.3 Å². The first-order valence-electron chi connectivity index (χ1n) is 5.07. The highest BCUT2D eigenvalue weighted by molar-refractivity contribution is 5.81. The van der Waals surface area contributed by atoms with Crippen LogP contribution in [0.3, 0.4) is 0 Å². The van der Waals surface area contributed by atoms with Crippen molar-refractivity contribution in [1.82, 2.24) is 0 Å². The molecule has 1 heterocycles. The smallest absolute Gasteiger partial charge is 0.371 e. The van der Waals surface area contributed by atoms with E-state index in [0.717, 1.165) is 5.57 Å². The van der Waals surface area contributed by atoms with Gasteiger partial charge < -0.3 is 18.9 Å². The van der Waals surface area contributed by atoms with Crippen molar-refractivity contribution in [2.24, 2.45) is 5.92 Å². The van der Waals surface area contributed by atoms with Gasteiger partial charge in [-0.25, -0.2) is 4.79 Å². The van der Waals surface area contributed by atoms with Crippen LogP contribution in [-0.2, 0) is 23.7 Å². The Bertz CT molecular complexity index is 297. The normalized spacial score (nSPS) is 29.4. The maximum absolute atomic E-state index is 11.6. The lowest BCUT2D eigenvalue weighted by Gasteiger charge is -2.23. The van der Waals surface area contributed by atoms with E-state index < -0.39 is 18.0 Å². The lowest BCUT2D eigenvalue weighted by molar-refractivity contribution is -0.250. The van der Waals surface area contributed by atoms with Gasteiger partial charge in [0.15, 0.2) is 6.29 Å². The van der Waals surface area contributed by atoms with E-state index in [0.29, 0.717) is 0 Å². The fourth-order valence-corrected chi connectivity index (χ4v) is 1.61. The minimum Gasteiger partial charge on any atom is -0.465 e. The molecule has 0 aromatic carbocycles. The Morgan fingerprint density at radius 1 is 1.44 bits per heavy atom. The van der Waals surface area contributed by atoms with Crippen LogP contribution in [0.15, 0.2) is 11.6 Å². The summed E-state index contributed by atoms with van der Waals surface area (Å²) in [7, 11) is 4.20. The molecular formula is C11H18O5. The van der Waals surface area contributed by atoms with Crippen LogP contribution in [0.25, 0.3) is 0 Å².